The highest BCUT2D eigenvalue weighted by atomic mass is 16.6. The second-order valence-corrected chi connectivity index (χ2v) is 5.90. The Labute approximate surface area is 157 Å². The number of hydrogen-bond acceptors (Lipinski definition) is 6. The van der Waals surface area contributed by atoms with Crippen LogP contribution in [-0.4, -0.2) is 37.7 Å². The number of carbonyl (C=O) groups is 1. The Hall–Kier alpha value is -3.29. The summed E-state index contributed by atoms with van der Waals surface area (Å²) in [6.45, 7) is 4.43. The van der Waals surface area contributed by atoms with Crippen molar-refractivity contribution in [2.24, 2.45) is 0 Å². The molecular formula is C19H22N2O6. The average molecular weight is 374 g/mol. The third kappa shape index (κ3) is 6.18. The number of hydrogen-bond donors (Lipinski definition) is 1. The van der Waals surface area contributed by atoms with Gasteiger partial charge in [-0.2, -0.15) is 0 Å². The van der Waals surface area contributed by atoms with Crippen LogP contribution >= 0.6 is 0 Å². The largest absolute Gasteiger partial charge is 0.492 e. The molecule has 0 heterocycles. The third-order valence-corrected chi connectivity index (χ3v) is 3.61. The van der Waals surface area contributed by atoms with E-state index in [-0.39, 0.29) is 24.0 Å². The van der Waals surface area contributed by atoms with Gasteiger partial charge in [0.05, 0.1) is 18.6 Å². The van der Waals surface area contributed by atoms with Gasteiger partial charge >= 0.3 is 5.69 Å². The van der Waals surface area contributed by atoms with E-state index in [0.29, 0.717) is 18.9 Å². The number of methoxy groups -OCH3 is 1. The average Bonchev–Trinajstić information content (AvgIpc) is 2.62. The number of rotatable bonds is 9. The smallest absolute Gasteiger partial charge is 0.311 e. The van der Waals surface area contributed by atoms with E-state index in [9.17, 15) is 14.9 Å². The molecule has 0 radical (unpaired) electrons. The number of ether oxygens (including phenoxy) is 3. The second kappa shape index (κ2) is 9.42. The quantitative estimate of drug-likeness (QED) is 0.412. The molecule has 1 N–H and O–H groups in total. The number of amides is 1. The van der Waals surface area contributed by atoms with Gasteiger partial charge in [-0.3, -0.25) is 14.9 Å². The van der Waals surface area contributed by atoms with Crippen molar-refractivity contribution in [1.82, 2.24) is 5.32 Å². The number of nitrogens with one attached hydrogen (secondary N) is 1. The van der Waals surface area contributed by atoms with E-state index in [0.717, 1.165) is 16.9 Å². The van der Waals surface area contributed by atoms with Crippen LogP contribution in [0.4, 0.5) is 5.69 Å². The molecule has 0 aliphatic heterocycles. The molecule has 0 atom stereocenters. The second-order valence-electron chi connectivity index (χ2n) is 5.90. The number of benzene rings is 2. The topological polar surface area (TPSA) is 99.9 Å². The fourth-order valence-corrected chi connectivity index (χ4v) is 2.47. The number of nitro groups is 1. The van der Waals surface area contributed by atoms with Gasteiger partial charge in [0.25, 0.3) is 5.91 Å². The van der Waals surface area contributed by atoms with Gasteiger partial charge in [0, 0.05) is 12.1 Å². The summed E-state index contributed by atoms with van der Waals surface area (Å²) in [6.07, 6.45) is 0. The summed E-state index contributed by atoms with van der Waals surface area (Å²) >= 11 is 0. The van der Waals surface area contributed by atoms with E-state index in [1.54, 1.807) is 0 Å². The molecule has 27 heavy (non-hydrogen) atoms. The van der Waals surface area contributed by atoms with Crippen molar-refractivity contribution in [3.63, 3.8) is 0 Å². The van der Waals surface area contributed by atoms with Crippen LogP contribution in [0.5, 0.6) is 17.2 Å². The summed E-state index contributed by atoms with van der Waals surface area (Å²) in [7, 11) is 1.33. The predicted octanol–water partition coefficient (Wildman–Crippen LogP) is 2.79. The van der Waals surface area contributed by atoms with E-state index in [2.05, 4.69) is 11.4 Å². The fraction of sp³-hybridized carbons (Fsp3) is 0.316. The van der Waals surface area contributed by atoms with Crippen molar-refractivity contribution in [2.75, 3.05) is 26.9 Å². The number of nitro benzene ring substituents is 1. The van der Waals surface area contributed by atoms with Gasteiger partial charge in [-0.25, -0.2) is 0 Å². The predicted molar refractivity (Wildman–Crippen MR) is 99.6 cm³/mol. The molecule has 2 aromatic rings. The maximum atomic E-state index is 11.8. The van der Waals surface area contributed by atoms with Crippen LogP contribution in [0, 0.1) is 24.0 Å². The zero-order valence-corrected chi connectivity index (χ0v) is 15.5. The zero-order valence-electron chi connectivity index (χ0n) is 15.5. The van der Waals surface area contributed by atoms with Gasteiger partial charge in [0.1, 0.15) is 18.1 Å². The first kappa shape index (κ1) is 20.0. The monoisotopic (exact) mass is 374 g/mol. The van der Waals surface area contributed by atoms with Crippen LogP contribution in [0.25, 0.3) is 0 Å². The lowest BCUT2D eigenvalue weighted by molar-refractivity contribution is -0.385. The maximum absolute atomic E-state index is 11.8. The molecule has 8 heteroatoms. The molecule has 0 bridgehead atoms. The molecule has 2 rings (SSSR count). The summed E-state index contributed by atoms with van der Waals surface area (Å²) < 4.78 is 15.9. The van der Waals surface area contributed by atoms with E-state index in [4.69, 9.17) is 14.2 Å². The fourth-order valence-electron chi connectivity index (χ4n) is 2.47. The van der Waals surface area contributed by atoms with Crippen LogP contribution in [0.2, 0.25) is 0 Å². The van der Waals surface area contributed by atoms with Crippen LogP contribution in [-0.2, 0) is 4.79 Å². The van der Waals surface area contributed by atoms with Crippen molar-refractivity contribution < 1.29 is 23.9 Å². The minimum atomic E-state index is -0.551. The number of aryl methyl sites for hydroxylation is 2. The van der Waals surface area contributed by atoms with Crippen molar-refractivity contribution in [3.8, 4) is 17.2 Å². The third-order valence-electron chi connectivity index (χ3n) is 3.61. The van der Waals surface area contributed by atoms with Crippen LogP contribution in [0.15, 0.2) is 36.4 Å². The lowest BCUT2D eigenvalue weighted by Crippen LogP contribution is -2.32. The molecular weight excluding hydrogens is 352 g/mol. The van der Waals surface area contributed by atoms with Crippen LogP contribution in [0.1, 0.15) is 11.1 Å². The Bertz CT molecular complexity index is 802. The SMILES string of the molecule is COc1cc(OCC(=O)NCCOc2cc(C)cc(C)c2)ccc1[N+](=O)[O-]. The molecule has 0 aliphatic rings. The van der Waals surface area contributed by atoms with Gasteiger partial charge in [-0.05, 0) is 43.2 Å². The molecule has 0 saturated heterocycles. The highest BCUT2D eigenvalue weighted by Crippen LogP contribution is 2.30. The number of nitrogens with zero attached hydrogens (tertiary/aromatic N) is 1. The van der Waals surface area contributed by atoms with Gasteiger partial charge in [0.2, 0.25) is 5.75 Å². The summed E-state index contributed by atoms with van der Waals surface area (Å²) in [5.41, 5.74) is 2.06. The van der Waals surface area contributed by atoms with E-state index >= 15 is 0 Å². The molecule has 1 amide bonds. The zero-order chi connectivity index (χ0) is 19.8. The van der Waals surface area contributed by atoms with Crippen molar-refractivity contribution >= 4 is 11.6 Å². The Balaban J connectivity index is 1.75. The van der Waals surface area contributed by atoms with Gasteiger partial charge in [-0.1, -0.05) is 6.07 Å². The minimum absolute atomic E-state index is 0.0692. The molecule has 0 saturated carbocycles. The van der Waals surface area contributed by atoms with E-state index < -0.39 is 4.92 Å². The Morgan fingerprint density at radius 3 is 2.41 bits per heavy atom. The highest BCUT2D eigenvalue weighted by Gasteiger charge is 2.15. The first-order valence-corrected chi connectivity index (χ1v) is 8.32. The van der Waals surface area contributed by atoms with Gasteiger partial charge in [0.15, 0.2) is 6.61 Å². The Morgan fingerprint density at radius 1 is 1.07 bits per heavy atom. The van der Waals surface area contributed by atoms with Crippen molar-refractivity contribution in [1.29, 1.82) is 0 Å². The first-order chi connectivity index (χ1) is 12.9. The Kier molecular flexibility index (Phi) is 6.99. The minimum Gasteiger partial charge on any atom is -0.492 e. The molecule has 0 unspecified atom stereocenters. The maximum Gasteiger partial charge on any atom is 0.311 e. The lowest BCUT2D eigenvalue weighted by Gasteiger charge is -2.10. The molecule has 2 aromatic carbocycles. The lowest BCUT2D eigenvalue weighted by atomic mass is 10.1. The van der Waals surface area contributed by atoms with Gasteiger partial charge in [-0.15, -0.1) is 0 Å². The standard InChI is InChI=1S/C19H22N2O6/c1-13-8-14(2)10-16(9-13)26-7-6-20-19(22)12-27-15-4-5-17(21(23)24)18(11-15)25-3/h4-5,8-11H,6-7,12H2,1-3H3,(H,20,22). The van der Waals surface area contributed by atoms with Gasteiger partial charge < -0.3 is 19.5 Å². The molecule has 0 spiro atoms. The van der Waals surface area contributed by atoms with E-state index in [1.165, 1.54) is 25.3 Å². The van der Waals surface area contributed by atoms with E-state index in [1.807, 2.05) is 26.0 Å². The highest BCUT2D eigenvalue weighted by molar-refractivity contribution is 5.77. The summed E-state index contributed by atoms with van der Waals surface area (Å²) in [4.78, 5) is 22.1. The summed E-state index contributed by atoms with van der Waals surface area (Å²) in [5, 5.41) is 13.5. The Morgan fingerprint density at radius 2 is 1.78 bits per heavy atom. The first-order valence-electron chi connectivity index (χ1n) is 8.32. The molecule has 0 fully saturated rings. The molecule has 0 aliphatic carbocycles. The summed E-state index contributed by atoms with van der Waals surface area (Å²) in [5.74, 6) is 0.811. The van der Waals surface area contributed by atoms with Crippen LogP contribution < -0.4 is 19.5 Å². The summed E-state index contributed by atoms with van der Waals surface area (Å²) in [6, 6.07) is 9.97. The van der Waals surface area contributed by atoms with Crippen LogP contribution in [0.3, 0.4) is 0 Å². The number of carbonyl (C=O) groups excluding carboxylic acids is 1. The molecule has 8 nitrogen and oxygen atoms in total. The van der Waals surface area contributed by atoms with Crippen molar-refractivity contribution in [3.05, 3.63) is 57.6 Å². The molecule has 144 valence electrons. The molecule has 0 aromatic heterocycles. The normalized spacial score (nSPS) is 10.2. The van der Waals surface area contributed by atoms with Crippen molar-refractivity contribution in [2.45, 2.75) is 13.8 Å².